The summed E-state index contributed by atoms with van der Waals surface area (Å²) in [6.07, 6.45) is 1.70. The van der Waals surface area contributed by atoms with Gasteiger partial charge in [0.2, 0.25) is 4.80 Å². The first-order valence-electron chi connectivity index (χ1n) is 7.29. The maximum absolute atomic E-state index is 12.6. The fraction of sp³-hybridized carbons (Fsp3) is 0.118. The highest BCUT2D eigenvalue weighted by Crippen LogP contribution is 2.24. The number of thiazole rings is 1. The van der Waals surface area contributed by atoms with E-state index < -0.39 is 10.0 Å². The molecule has 1 heterocycles. The van der Waals surface area contributed by atoms with Gasteiger partial charge >= 0.3 is 0 Å². The average Bonchev–Trinajstić information content (AvgIpc) is 2.91. The highest BCUT2D eigenvalue weighted by atomic mass is 35.5. The predicted molar refractivity (Wildman–Crippen MR) is 101 cm³/mol. The zero-order chi connectivity index (χ0) is 18.0. The highest BCUT2D eigenvalue weighted by Gasteiger charge is 2.14. The van der Waals surface area contributed by atoms with Crippen molar-refractivity contribution in [2.45, 2.75) is 11.4 Å². The number of rotatable bonds is 5. The van der Waals surface area contributed by atoms with Gasteiger partial charge in [-0.1, -0.05) is 29.0 Å². The van der Waals surface area contributed by atoms with E-state index >= 15 is 0 Å². The van der Waals surface area contributed by atoms with Crippen LogP contribution in [0.1, 0.15) is 0 Å². The molecule has 0 bridgehead atoms. The Hall–Kier alpha value is -2.09. The van der Waals surface area contributed by atoms with E-state index in [1.807, 2.05) is 18.2 Å². The second kappa shape index (κ2) is 7.03. The van der Waals surface area contributed by atoms with Crippen LogP contribution in [0, 0.1) is 0 Å². The fourth-order valence-corrected chi connectivity index (χ4v) is 4.71. The van der Waals surface area contributed by atoms with Gasteiger partial charge in [0, 0.05) is 11.6 Å². The topological polar surface area (TPSA) is 60.7 Å². The van der Waals surface area contributed by atoms with Crippen molar-refractivity contribution < 1.29 is 13.2 Å². The molecular formula is C17H15ClN2O3S2. The third-order valence-corrected chi connectivity index (χ3v) is 6.20. The minimum Gasteiger partial charge on any atom is -0.497 e. The summed E-state index contributed by atoms with van der Waals surface area (Å²) in [4.78, 5) is 0.468. The van der Waals surface area contributed by atoms with Crippen LogP contribution in [0.4, 0.5) is 0 Å². The maximum atomic E-state index is 12.6. The zero-order valence-electron chi connectivity index (χ0n) is 13.3. The molecular weight excluding hydrogens is 380 g/mol. The summed E-state index contributed by atoms with van der Waals surface area (Å²) in [6, 6.07) is 11.5. The molecule has 0 aliphatic carbocycles. The largest absolute Gasteiger partial charge is 0.497 e. The fourth-order valence-electron chi connectivity index (χ4n) is 2.32. The Morgan fingerprint density at radius 3 is 2.64 bits per heavy atom. The number of fused-ring (bicyclic) bond motifs is 1. The highest BCUT2D eigenvalue weighted by molar-refractivity contribution is 7.90. The van der Waals surface area contributed by atoms with E-state index in [1.165, 1.54) is 35.6 Å². The predicted octanol–water partition coefficient (Wildman–Crippen LogP) is 3.84. The number of methoxy groups -OCH3 is 1. The van der Waals surface area contributed by atoms with E-state index in [1.54, 1.807) is 17.8 Å². The molecule has 130 valence electrons. The van der Waals surface area contributed by atoms with Crippen LogP contribution in [0.25, 0.3) is 10.2 Å². The first kappa shape index (κ1) is 17.7. The van der Waals surface area contributed by atoms with Crippen LogP contribution in [-0.2, 0) is 16.6 Å². The average molecular weight is 395 g/mol. The van der Waals surface area contributed by atoms with E-state index in [2.05, 4.69) is 11.0 Å². The number of hydrogen-bond donors (Lipinski definition) is 0. The molecule has 0 aliphatic heterocycles. The lowest BCUT2D eigenvalue weighted by Crippen LogP contribution is -2.16. The summed E-state index contributed by atoms with van der Waals surface area (Å²) in [5.41, 5.74) is 0.871. The molecule has 0 atom stereocenters. The van der Waals surface area contributed by atoms with Gasteiger partial charge in [0.15, 0.2) is 0 Å². The molecule has 0 spiro atoms. The zero-order valence-corrected chi connectivity index (χ0v) is 15.7. The Morgan fingerprint density at radius 1 is 1.28 bits per heavy atom. The van der Waals surface area contributed by atoms with Crippen molar-refractivity contribution in [1.82, 2.24) is 4.57 Å². The number of aromatic nitrogens is 1. The van der Waals surface area contributed by atoms with Crippen LogP contribution in [0.5, 0.6) is 5.75 Å². The number of halogens is 1. The molecule has 2 aromatic carbocycles. The number of allylic oxidation sites excluding steroid dienone is 1. The molecule has 25 heavy (non-hydrogen) atoms. The lowest BCUT2D eigenvalue weighted by atomic mass is 10.3. The van der Waals surface area contributed by atoms with Crippen molar-refractivity contribution in [2.24, 2.45) is 4.40 Å². The number of ether oxygens (including phenoxy) is 1. The van der Waals surface area contributed by atoms with E-state index in [9.17, 15) is 8.42 Å². The van der Waals surface area contributed by atoms with Gasteiger partial charge in [0.25, 0.3) is 10.0 Å². The Bertz CT molecular complexity index is 1100. The van der Waals surface area contributed by atoms with Gasteiger partial charge in [0.05, 0.1) is 22.2 Å². The van der Waals surface area contributed by atoms with Crippen LogP contribution < -0.4 is 9.54 Å². The maximum Gasteiger partial charge on any atom is 0.285 e. The van der Waals surface area contributed by atoms with Crippen molar-refractivity contribution in [1.29, 1.82) is 0 Å². The molecule has 3 aromatic rings. The molecule has 0 unspecified atom stereocenters. The molecule has 3 rings (SSSR count). The monoisotopic (exact) mass is 394 g/mol. The third-order valence-electron chi connectivity index (χ3n) is 3.51. The molecule has 0 fully saturated rings. The third kappa shape index (κ3) is 3.63. The number of nitrogens with zero attached hydrogens (tertiary/aromatic N) is 2. The number of sulfonamides is 1. The van der Waals surface area contributed by atoms with Crippen molar-refractivity contribution in [3.05, 3.63) is 64.9 Å². The minimum absolute atomic E-state index is 0.0945. The second-order valence-corrected chi connectivity index (χ2v) is 8.19. The minimum atomic E-state index is -3.84. The molecule has 0 saturated carbocycles. The van der Waals surface area contributed by atoms with Crippen molar-refractivity contribution in [3.8, 4) is 5.75 Å². The quantitative estimate of drug-likeness (QED) is 0.617. The number of benzene rings is 2. The van der Waals surface area contributed by atoms with E-state index in [0.717, 1.165) is 10.2 Å². The van der Waals surface area contributed by atoms with Gasteiger partial charge < -0.3 is 9.30 Å². The Morgan fingerprint density at radius 2 is 2.00 bits per heavy atom. The van der Waals surface area contributed by atoms with Crippen molar-refractivity contribution in [2.75, 3.05) is 7.11 Å². The van der Waals surface area contributed by atoms with Crippen LogP contribution in [-0.4, -0.2) is 20.1 Å². The summed E-state index contributed by atoms with van der Waals surface area (Å²) in [7, 11) is -2.26. The molecule has 5 nitrogen and oxygen atoms in total. The summed E-state index contributed by atoms with van der Waals surface area (Å²) >= 11 is 7.10. The normalized spacial score (nSPS) is 12.5. The van der Waals surface area contributed by atoms with Crippen LogP contribution in [0.15, 0.2) is 64.4 Å². The standard InChI is InChI=1S/C17H15ClN2O3S2/c1-3-10-20-15-9-6-13(23-2)11-16(15)24-17(20)19-25(21,22)14-7-4-12(18)5-8-14/h3-9,11H,1,10H2,2H3. The lowest BCUT2D eigenvalue weighted by molar-refractivity contribution is 0.415. The molecule has 0 amide bonds. The Kier molecular flexibility index (Phi) is 4.99. The molecule has 0 saturated heterocycles. The van der Waals surface area contributed by atoms with Gasteiger partial charge in [0.1, 0.15) is 5.75 Å². The Balaban J connectivity index is 2.22. The first-order valence-corrected chi connectivity index (χ1v) is 9.93. The lowest BCUT2D eigenvalue weighted by Gasteiger charge is -2.03. The van der Waals surface area contributed by atoms with Crippen LogP contribution in [0.2, 0.25) is 5.02 Å². The van der Waals surface area contributed by atoms with Gasteiger partial charge in [-0.05, 0) is 42.5 Å². The summed E-state index contributed by atoms with van der Waals surface area (Å²) in [6.45, 7) is 4.18. The van der Waals surface area contributed by atoms with E-state index in [4.69, 9.17) is 16.3 Å². The van der Waals surface area contributed by atoms with Crippen molar-refractivity contribution >= 4 is 43.2 Å². The van der Waals surface area contributed by atoms with Gasteiger partial charge in [-0.15, -0.1) is 11.0 Å². The Labute approximate surface area is 154 Å². The number of hydrogen-bond acceptors (Lipinski definition) is 4. The van der Waals surface area contributed by atoms with Crippen molar-refractivity contribution in [3.63, 3.8) is 0 Å². The molecule has 8 heteroatoms. The van der Waals surface area contributed by atoms with E-state index in [-0.39, 0.29) is 4.90 Å². The van der Waals surface area contributed by atoms with Gasteiger partial charge in [-0.25, -0.2) is 0 Å². The smallest absolute Gasteiger partial charge is 0.285 e. The molecule has 0 N–H and O–H groups in total. The second-order valence-electron chi connectivity index (χ2n) is 5.14. The van der Waals surface area contributed by atoms with Gasteiger partial charge in [-0.3, -0.25) is 0 Å². The summed E-state index contributed by atoms with van der Waals surface area (Å²) in [5, 5.41) is 0.467. The SMILES string of the molecule is C=CCn1c(=NS(=O)(=O)c2ccc(Cl)cc2)sc2cc(OC)ccc21. The molecule has 0 radical (unpaired) electrons. The molecule has 1 aromatic heterocycles. The van der Waals surface area contributed by atoms with Gasteiger partial charge in [-0.2, -0.15) is 8.42 Å². The molecule has 0 aliphatic rings. The van der Waals surface area contributed by atoms with Crippen LogP contribution in [0.3, 0.4) is 0 Å². The van der Waals surface area contributed by atoms with E-state index in [0.29, 0.717) is 22.1 Å². The summed E-state index contributed by atoms with van der Waals surface area (Å²) < 4.78 is 37.1. The summed E-state index contributed by atoms with van der Waals surface area (Å²) in [5.74, 6) is 0.701. The van der Waals surface area contributed by atoms with Crippen LogP contribution >= 0.6 is 22.9 Å². The first-order chi connectivity index (χ1) is 11.9.